The fourth-order valence-corrected chi connectivity index (χ4v) is 3.44. The predicted molar refractivity (Wildman–Crippen MR) is 120 cm³/mol. The van der Waals surface area contributed by atoms with Gasteiger partial charge in [-0.15, -0.1) is 0 Å². The van der Waals surface area contributed by atoms with Crippen LogP contribution < -0.4 is 25.2 Å². The third-order valence-corrected chi connectivity index (χ3v) is 5.06. The number of aromatic amines is 1. The molecule has 0 aliphatic carbocycles. The summed E-state index contributed by atoms with van der Waals surface area (Å²) in [5.74, 6) is 1.61. The fraction of sp³-hybridized carbons (Fsp3) is 0.348. The minimum atomic E-state index is -0.164. The molecular weight excluding hydrogens is 396 g/mol. The summed E-state index contributed by atoms with van der Waals surface area (Å²) in [7, 11) is 3.12. The molecule has 8 heteroatoms. The molecule has 0 aliphatic heterocycles. The van der Waals surface area contributed by atoms with Gasteiger partial charge >= 0.3 is 0 Å². The first-order chi connectivity index (χ1) is 15.0. The van der Waals surface area contributed by atoms with Gasteiger partial charge in [0.1, 0.15) is 18.0 Å². The van der Waals surface area contributed by atoms with Crippen LogP contribution in [0.3, 0.4) is 0 Å². The van der Waals surface area contributed by atoms with Gasteiger partial charge in [-0.2, -0.15) is 0 Å². The Bertz CT molecular complexity index is 1100. The highest BCUT2D eigenvalue weighted by molar-refractivity contribution is 5.93. The molecule has 164 valence electrons. The van der Waals surface area contributed by atoms with Gasteiger partial charge in [-0.1, -0.05) is 25.5 Å². The Balaban J connectivity index is 1.74. The van der Waals surface area contributed by atoms with E-state index >= 15 is 0 Å². The third-order valence-electron chi connectivity index (χ3n) is 5.06. The molecule has 0 radical (unpaired) electrons. The van der Waals surface area contributed by atoms with E-state index in [1.54, 1.807) is 38.5 Å². The molecule has 0 spiro atoms. The molecule has 0 fully saturated rings. The summed E-state index contributed by atoms with van der Waals surface area (Å²) >= 11 is 0. The number of fused-ring (bicyclic) bond motifs is 1. The highest BCUT2D eigenvalue weighted by Crippen LogP contribution is 2.28. The van der Waals surface area contributed by atoms with Crippen LogP contribution in [0.2, 0.25) is 0 Å². The molecule has 3 rings (SSSR count). The number of anilines is 1. The molecule has 3 N–H and O–H groups in total. The predicted octanol–water partition coefficient (Wildman–Crippen LogP) is 1.76. The SMILES string of the molecule is CCCC[NH+](CC(=O)Nc1ccc(OC)cc1OC)Cc1nc2ccccc2c(=O)[nH]1. The van der Waals surface area contributed by atoms with E-state index in [1.165, 1.54) is 0 Å². The average molecular weight is 426 g/mol. The summed E-state index contributed by atoms with van der Waals surface area (Å²) in [6, 6.07) is 12.5. The molecular formula is C23H29N4O4+. The lowest BCUT2D eigenvalue weighted by Crippen LogP contribution is -3.12. The number of carbonyl (C=O) groups is 1. The number of nitrogens with zero attached hydrogens (tertiary/aromatic N) is 1. The third kappa shape index (κ3) is 5.82. The van der Waals surface area contributed by atoms with Crippen molar-refractivity contribution >= 4 is 22.5 Å². The van der Waals surface area contributed by atoms with Gasteiger partial charge in [-0.25, -0.2) is 4.98 Å². The van der Waals surface area contributed by atoms with E-state index in [0.717, 1.165) is 24.3 Å². The fourth-order valence-electron chi connectivity index (χ4n) is 3.44. The molecule has 31 heavy (non-hydrogen) atoms. The number of carbonyl (C=O) groups excluding carboxylic acids is 1. The number of unbranched alkanes of at least 4 members (excludes halogenated alkanes) is 1. The Labute approximate surface area is 181 Å². The van der Waals surface area contributed by atoms with Crippen molar-refractivity contribution in [2.45, 2.75) is 26.3 Å². The van der Waals surface area contributed by atoms with Crippen LogP contribution in [0.15, 0.2) is 47.3 Å². The largest absolute Gasteiger partial charge is 0.497 e. The molecule has 0 saturated heterocycles. The Morgan fingerprint density at radius 2 is 1.97 bits per heavy atom. The molecule has 8 nitrogen and oxygen atoms in total. The number of benzene rings is 2. The standard InChI is InChI=1S/C23H28N4O4/c1-4-5-12-27(14-21-24-18-9-7-6-8-17(18)23(29)26-21)15-22(28)25-19-11-10-16(30-2)13-20(19)31-3/h6-11,13H,4-5,12,14-15H2,1-3H3,(H,25,28)(H,24,26,29)/p+1. The number of hydrogen-bond donors (Lipinski definition) is 3. The molecule has 1 amide bonds. The van der Waals surface area contributed by atoms with Crippen LogP contribution in [0.5, 0.6) is 11.5 Å². The minimum absolute atomic E-state index is 0.141. The van der Waals surface area contributed by atoms with E-state index in [4.69, 9.17) is 9.47 Å². The van der Waals surface area contributed by atoms with Crippen molar-refractivity contribution in [2.75, 3.05) is 32.6 Å². The van der Waals surface area contributed by atoms with E-state index in [2.05, 4.69) is 22.2 Å². The first-order valence-electron chi connectivity index (χ1n) is 10.4. The van der Waals surface area contributed by atoms with Crippen molar-refractivity contribution in [3.05, 3.63) is 58.6 Å². The monoisotopic (exact) mass is 425 g/mol. The Kier molecular flexibility index (Phi) is 7.61. The van der Waals surface area contributed by atoms with Crippen molar-refractivity contribution in [3.8, 4) is 11.5 Å². The zero-order chi connectivity index (χ0) is 22.2. The summed E-state index contributed by atoms with van der Waals surface area (Å²) in [4.78, 5) is 33.6. The number of aromatic nitrogens is 2. The van der Waals surface area contributed by atoms with Crippen LogP contribution in [0, 0.1) is 0 Å². The zero-order valence-electron chi connectivity index (χ0n) is 18.2. The Morgan fingerprint density at radius 1 is 1.16 bits per heavy atom. The maximum absolute atomic E-state index is 12.8. The number of nitrogens with one attached hydrogen (secondary N) is 3. The molecule has 1 atom stereocenters. The maximum Gasteiger partial charge on any atom is 0.279 e. The van der Waals surface area contributed by atoms with Gasteiger partial charge in [0.25, 0.3) is 11.5 Å². The molecule has 3 aromatic rings. The van der Waals surface area contributed by atoms with Crippen LogP contribution in [0.25, 0.3) is 10.9 Å². The van der Waals surface area contributed by atoms with Gasteiger partial charge in [0.2, 0.25) is 0 Å². The second-order valence-corrected chi connectivity index (χ2v) is 7.35. The molecule has 1 unspecified atom stereocenters. The summed E-state index contributed by atoms with van der Waals surface area (Å²) in [5.41, 5.74) is 1.08. The van der Waals surface area contributed by atoms with Crippen LogP contribution in [-0.2, 0) is 11.3 Å². The minimum Gasteiger partial charge on any atom is -0.497 e. The summed E-state index contributed by atoms with van der Waals surface area (Å²) in [6.45, 7) is 3.59. The number of H-pyrrole nitrogens is 1. The van der Waals surface area contributed by atoms with Gasteiger partial charge in [0.15, 0.2) is 12.4 Å². The summed E-state index contributed by atoms with van der Waals surface area (Å²) < 4.78 is 10.6. The number of rotatable bonds is 10. The van der Waals surface area contributed by atoms with E-state index < -0.39 is 0 Å². The number of para-hydroxylation sites is 1. The summed E-state index contributed by atoms with van der Waals surface area (Å²) in [5, 5.41) is 3.47. The average Bonchev–Trinajstić information content (AvgIpc) is 2.77. The van der Waals surface area contributed by atoms with Crippen LogP contribution in [0.1, 0.15) is 25.6 Å². The topological polar surface area (TPSA) is 97.8 Å². The van der Waals surface area contributed by atoms with Crippen molar-refractivity contribution in [3.63, 3.8) is 0 Å². The first-order valence-corrected chi connectivity index (χ1v) is 10.4. The Morgan fingerprint density at radius 3 is 2.71 bits per heavy atom. The molecule has 0 saturated carbocycles. The number of ether oxygens (including phenoxy) is 2. The second kappa shape index (κ2) is 10.6. The zero-order valence-corrected chi connectivity index (χ0v) is 18.2. The van der Waals surface area contributed by atoms with Crippen LogP contribution in [0.4, 0.5) is 5.69 Å². The van der Waals surface area contributed by atoms with E-state index in [0.29, 0.717) is 40.5 Å². The molecule has 2 aromatic carbocycles. The van der Waals surface area contributed by atoms with Crippen LogP contribution >= 0.6 is 0 Å². The molecule has 0 aliphatic rings. The molecule has 1 heterocycles. The van der Waals surface area contributed by atoms with Gasteiger partial charge in [0.05, 0.1) is 37.4 Å². The van der Waals surface area contributed by atoms with E-state index in [9.17, 15) is 9.59 Å². The number of amides is 1. The lowest BCUT2D eigenvalue weighted by Gasteiger charge is -2.19. The van der Waals surface area contributed by atoms with E-state index in [-0.39, 0.29) is 18.0 Å². The lowest BCUT2D eigenvalue weighted by molar-refractivity contribution is -0.906. The lowest BCUT2D eigenvalue weighted by atomic mass is 10.2. The van der Waals surface area contributed by atoms with Crippen molar-refractivity contribution < 1.29 is 19.2 Å². The van der Waals surface area contributed by atoms with Crippen molar-refractivity contribution in [2.24, 2.45) is 0 Å². The van der Waals surface area contributed by atoms with Crippen molar-refractivity contribution in [1.82, 2.24) is 9.97 Å². The van der Waals surface area contributed by atoms with Gasteiger partial charge in [-0.3, -0.25) is 9.59 Å². The maximum atomic E-state index is 12.8. The number of methoxy groups -OCH3 is 2. The van der Waals surface area contributed by atoms with Crippen molar-refractivity contribution in [1.29, 1.82) is 0 Å². The first kappa shape index (κ1) is 22.3. The molecule has 1 aromatic heterocycles. The quantitative estimate of drug-likeness (QED) is 0.460. The van der Waals surface area contributed by atoms with Gasteiger partial charge in [0, 0.05) is 6.07 Å². The number of hydrogen-bond acceptors (Lipinski definition) is 5. The second-order valence-electron chi connectivity index (χ2n) is 7.35. The molecule has 0 bridgehead atoms. The van der Waals surface area contributed by atoms with E-state index in [1.807, 2.05) is 18.2 Å². The highest BCUT2D eigenvalue weighted by atomic mass is 16.5. The Hall–Kier alpha value is -3.39. The van der Waals surface area contributed by atoms with Crippen LogP contribution in [-0.4, -0.2) is 43.2 Å². The van der Waals surface area contributed by atoms with Gasteiger partial charge < -0.3 is 24.7 Å². The van der Waals surface area contributed by atoms with Gasteiger partial charge in [-0.05, 0) is 30.7 Å². The number of quaternary nitrogens is 1. The normalized spacial score (nSPS) is 11.8. The smallest absolute Gasteiger partial charge is 0.279 e. The summed E-state index contributed by atoms with van der Waals surface area (Å²) in [6.07, 6.45) is 1.98. The highest BCUT2D eigenvalue weighted by Gasteiger charge is 2.18.